The molecule has 5 unspecified atom stereocenters. The average Bonchev–Trinajstić information content (AvgIpc) is 2.83. The van der Waals surface area contributed by atoms with Crippen LogP contribution in [0.3, 0.4) is 0 Å². The summed E-state index contributed by atoms with van der Waals surface area (Å²) in [6.07, 6.45) is -4.85. The van der Waals surface area contributed by atoms with Crippen molar-refractivity contribution < 1.29 is 58.1 Å². The van der Waals surface area contributed by atoms with Gasteiger partial charge in [0.2, 0.25) is 11.8 Å². The predicted octanol–water partition coefficient (Wildman–Crippen LogP) is -2.89. The minimum absolute atomic E-state index is 0.0898. The molecule has 0 saturated carbocycles. The number of carbonyl (C=O) groups is 3. The van der Waals surface area contributed by atoms with E-state index in [1.807, 2.05) is 0 Å². The number of nitrogens with one attached hydrogen (secondary N) is 2. The van der Waals surface area contributed by atoms with E-state index in [9.17, 15) is 29.7 Å². The molecule has 1 fully saturated rings. The molecule has 0 aromatic carbocycles. The van der Waals surface area contributed by atoms with Crippen molar-refractivity contribution in [2.75, 3.05) is 72.6 Å². The van der Waals surface area contributed by atoms with Crippen molar-refractivity contribution in [3.63, 3.8) is 0 Å². The highest BCUT2D eigenvalue weighted by Crippen LogP contribution is 2.22. The van der Waals surface area contributed by atoms with Crippen LogP contribution >= 0.6 is 0 Å². The maximum Gasteiger partial charge on any atom is 0.246 e. The minimum atomic E-state index is -1.45. The molecule has 0 aromatic heterocycles. The van der Waals surface area contributed by atoms with Crippen molar-refractivity contribution in [2.45, 2.75) is 50.9 Å². The van der Waals surface area contributed by atoms with Crippen molar-refractivity contribution in [2.24, 2.45) is 0 Å². The molecule has 14 nitrogen and oxygen atoms in total. The number of rotatable bonds is 20. The van der Waals surface area contributed by atoms with Crippen LogP contribution in [0, 0.1) is 0 Å². The summed E-state index contributed by atoms with van der Waals surface area (Å²) >= 11 is 0. The number of Topliss-reactive ketones (excluding diaryl/α,β-unsaturated/α-hetero) is 1. The van der Waals surface area contributed by atoms with Crippen LogP contribution in [-0.4, -0.2) is 136 Å². The summed E-state index contributed by atoms with van der Waals surface area (Å²) in [4.78, 5) is 34.1. The lowest BCUT2D eigenvalue weighted by Crippen LogP contribution is -2.64. The minimum Gasteiger partial charge on any atom is -0.394 e. The van der Waals surface area contributed by atoms with Crippen LogP contribution in [0.5, 0.6) is 0 Å². The van der Waals surface area contributed by atoms with E-state index in [0.717, 1.165) is 0 Å². The van der Waals surface area contributed by atoms with Crippen molar-refractivity contribution in [3.8, 4) is 0 Å². The van der Waals surface area contributed by atoms with Crippen LogP contribution in [0.1, 0.15) is 20.3 Å². The van der Waals surface area contributed by atoms with Crippen LogP contribution in [0.2, 0.25) is 0 Å². The number of aliphatic hydroxyl groups excluding tert-OH is 3. The summed E-state index contributed by atoms with van der Waals surface area (Å²) < 4.78 is 32.0. The van der Waals surface area contributed by atoms with E-state index in [1.54, 1.807) is 0 Å². The van der Waals surface area contributed by atoms with Crippen LogP contribution in [-0.2, 0) is 42.8 Å². The van der Waals surface area contributed by atoms with E-state index in [4.69, 9.17) is 28.4 Å². The number of ether oxygens (including phenoxy) is 6. The zero-order valence-corrected chi connectivity index (χ0v) is 20.9. The Labute approximate surface area is 210 Å². The first-order valence-electron chi connectivity index (χ1n) is 11.8. The Morgan fingerprint density at radius 1 is 0.833 bits per heavy atom. The molecule has 0 aliphatic carbocycles. The van der Waals surface area contributed by atoms with E-state index in [2.05, 4.69) is 10.6 Å². The Kier molecular flexibility index (Phi) is 17.4. The third-order valence-electron chi connectivity index (χ3n) is 4.91. The molecule has 0 spiro atoms. The Balaban J connectivity index is 2.06. The van der Waals surface area contributed by atoms with Gasteiger partial charge in [-0.05, 0) is 6.92 Å². The molecular weight excluding hydrogens is 484 g/mol. The normalized spacial score (nSPS) is 23.9. The highest BCUT2D eigenvalue weighted by molar-refractivity contribution is 5.77. The van der Waals surface area contributed by atoms with Gasteiger partial charge in [-0.15, -0.1) is 0 Å². The molecule has 0 radical (unpaired) electrons. The summed E-state index contributed by atoms with van der Waals surface area (Å²) in [5, 5.41) is 34.4. The van der Waals surface area contributed by atoms with Gasteiger partial charge < -0.3 is 54.4 Å². The number of hydrogen-bond acceptors (Lipinski definition) is 12. The summed E-state index contributed by atoms with van der Waals surface area (Å²) in [7, 11) is 0. The molecule has 1 aliphatic rings. The second-order valence-electron chi connectivity index (χ2n) is 8.00. The maximum absolute atomic E-state index is 12.0. The Hall–Kier alpha value is -1.75. The molecule has 5 N–H and O–H groups in total. The maximum atomic E-state index is 12.0. The zero-order chi connectivity index (χ0) is 26.8. The first-order chi connectivity index (χ1) is 17.3. The van der Waals surface area contributed by atoms with Gasteiger partial charge in [-0.1, -0.05) is 0 Å². The van der Waals surface area contributed by atoms with Crippen LogP contribution < -0.4 is 10.6 Å². The van der Waals surface area contributed by atoms with Gasteiger partial charge in [0.05, 0.1) is 59.5 Å². The molecule has 1 saturated heterocycles. The highest BCUT2D eigenvalue weighted by atomic mass is 16.7. The second-order valence-corrected chi connectivity index (χ2v) is 8.00. The highest BCUT2D eigenvalue weighted by Gasteiger charge is 2.45. The van der Waals surface area contributed by atoms with Gasteiger partial charge in [0, 0.05) is 19.9 Å². The smallest absolute Gasteiger partial charge is 0.246 e. The largest absolute Gasteiger partial charge is 0.394 e. The fourth-order valence-electron chi connectivity index (χ4n) is 3.06. The van der Waals surface area contributed by atoms with Crippen molar-refractivity contribution in [3.05, 3.63) is 0 Å². The molecule has 1 aliphatic heterocycles. The molecule has 0 bridgehead atoms. The molecule has 1 rings (SSSR count). The Morgan fingerprint density at radius 2 is 1.39 bits per heavy atom. The van der Waals surface area contributed by atoms with E-state index < -0.39 is 55.7 Å². The number of amides is 2. The number of aliphatic hydroxyl groups is 3. The van der Waals surface area contributed by atoms with Gasteiger partial charge in [-0.25, -0.2) is 0 Å². The zero-order valence-electron chi connectivity index (χ0n) is 20.9. The second kappa shape index (κ2) is 19.4. The quantitative estimate of drug-likeness (QED) is 0.102. The summed E-state index contributed by atoms with van der Waals surface area (Å²) in [5.74, 6) is -0.883. The topological polar surface area (TPSA) is 191 Å². The molecule has 210 valence electrons. The lowest BCUT2D eigenvalue weighted by atomic mass is 9.97. The Bertz CT molecular complexity index is 638. The number of ketones is 1. The fraction of sp³-hybridized carbons (Fsp3) is 0.864. The van der Waals surface area contributed by atoms with Crippen molar-refractivity contribution in [1.82, 2.24) is 10.6 Å². The average molecular weight is 525 g/mol. The first-order valence-corrected chi connectivity index (χ1v) is 11.8. The molecular formula is C22H40N2O12. The fourth-order valence-corrected chi connectivity index (χ4v) is 3.06. The number of hydrogen-bond donors (Lipinski definition) is 5. The predicted molar refractivity (Wildman–Crippen MR) is 123 cm³/mol. The monoisotopic (exact) mass is 524 g/mol. The Morgan fingerprint density at radius 3 is 1.92 bits per heavy atom. The third-order valence-corrected chi connectivity index (χ3v) is 4.91. The van der Waals surface area contributed by atoms with E-state index >= 15 is 0 Å². The molecule has 14 heteroatoms. The van der Waals surface area contributed by atoms with Gasteiger partial charge in [-0.2, -0.15) is 0 Å². The van der Waals surface area contributed by atoms with Gasteiger partial charge in [-0.3, -0.25) is 14.4 Å². The summed E-state index contributed by atoms with van der Waals surface area (Å²) in [6.45, 7) is 4.93. The standard InChI is InChI=1S/C22H40N2O12/c1-15(26)3-5-31-7-9-33-11-12-34-10-8-32-6-4-23-18(28)14-35-22-19(24-16(2)27)21(30)20(29)17(13-25)36-22/h17,19-22,25,29-30H,3-14H2,1-2H3,(H,23,28)(H,24,27). The van der Waals surface area contributed by atoms with Crippen molar-refractivity contribution >= 4 is 17.6 Å². The van der Waals surface area contributed by atoms with Gasteiger partial charge in [0.15, 0.2) is 6.29 Å². The van der Waals surface area contributed by atoms with Gasteiger partial charge >= 0.3 is 0 Å². The van der Waals surface area contributed by atoms with Gasteiger partial charge in [0.25, 0.3) is 0 Å². The lowest BCUT2D eigenvalue weighted by Gasteiger charge is -2.42. The third kappa shape index (κ3) is 14.1. The van der Waals surface area contributed by atoms with Crippen LogP contribution in [0.25, 0.3) is 0 Å². The van der Waals surface area contributed by atoms with Crippen LogP contribution in [0.4, 0.5) is 0 Å². The molecule has 2 amide bonds. The van der Waals surface area contributed by atoms with Crippen LogP contribution in [0.15, 0.2) is 0 Å². The summed E-state index contributed by atoms with van der Waals surface area (Å²) in [5.41, 5.74) is 0. The van der Waals surface area contributed by atoms with E-state index in [-0.39, 0.29) is 18.9 Å². The molecule has 5 atom stereocenters. The lowest BCUT2D eigenvalue weighted by molar-refractivity contribution is -0.268. The first kappa shape index (κ1) is 32.3. The van der Waals surface area contributed by atoms with Gasteiger partial charge in [0.1, 0.15) is 36.7 Å². The molecule has 0 aromatic rings. The van der Waals surface area contributed by atoms with E-state index in [0.29, 0.717) is 52.7 Å². The van der Waals surface area contributed by atoms with E-state index in [1.165, 1.54) is 13.8 Å². The molecule has 1 heterocycles. The number of carbonyl (C=O) groups excluding carboxylic acids is 3. The van der Waals surface area contributed by atoms with Crippen molar-refractivity contribution in [1.29, 1.82) is 0 Å². The molecule has 36 heavy (non-hydrogen) atoms. The SMILES string of the molecule is CC(=O)CCOCCOCCOCCOCCNC(=O)COC1OC(CO)C(O)C(O)C1NC(C)=O. The summed E-state index contributed by atoms with van der Waals surface area (Å²) in [6, 6.07) is -1.12.